The van der Waals surface area contributed by atoms with Crippen LogP contribution in [0, 0.1) is 0 Å². The second-order valence-corrected chi connectivity index (χ2v) is 2.75. The summed E-state index contributed by atoms with van der Waals surface area (Å²) in [5.74, 6) is -0.341. The van der Waals surface area contributed by atoms with Gasteiger partial charge in [-0.2, -0.15) is 0 Å². The quantitative estimate of drug-likeness (QED) is 0.241. The minimum absolute atomic E-state index is 0. The van der Waals surface area contributed by atoms with E-state index >= 15 is 0 Å². The van der Waals surface area contributed by atoms with Crippen LogP contribution in [0.3, 0.4) is 0 Å². The summed E-state index contributed by atoms with van der Waals surface area (Å²) in [7, 11) is 3.69. The Hall–Kier alpha value is 0.460. The van der Waals surface area contributed by atoms with Crippen molar-refractivity contribution in [3.05, 3.63) is 12.2 Å². The molecule has 0 aliphatic carbocycles. The fourth-order valence-corrected chi connectivity index (χ4v) is 0.361. The normalized spacial score (nSPS) is 10.5. The van der Waals surface area contributed by atoms with Crippen LogP contribution in [0.15, 0.2) is 12.2 Å². The van der Waals surface area contributed by atoms with Gasteiger partial charge in [-0.05, 0) is 27.9 Å². The molecule has 0 saturated carbocycles. The van der Waals surface area contributed by atoms with Crippen molar-refractivity contribution in [1.29, 1.82) is 0 Å². The van der Waals surface area contributed by atoms with Crippen molar-refractivity contribution in [3.63, 3.8) is 0 Å². The molecule has 0 amide bonds. The summed E-state index contributed by atoms with van der Waals surface area (Å²) in [5.41, 5.74) is 0.429. The molecule has 0 N–H and O–H groups in total. The number of carbonyl (C=O) groups excluding carboxylic acids is 1. The molecule has 80 valence electrons. The molecule has 0 aliphatic rings. The third-order valence-corrected chi connectivity index (χ3v) is 1.35. The molecule has 0 aromatic rings. The first-order valence-electron chi connectivity index (χ1n) is 3.86. The first-order chi connectivity index (χ1) is 5.95. The summed E-state index contributed by atoms with van der Waals surface area (Å²) in [6.45, 7) is 6.91. The van der Waals surface area contributed by atoms with Crippen LogP contribution in [0.4, 0.5) is 0 Å². The van der Waals surface area contributed by atoms with E-state index in [2.05, 4.69) is 18.2 Å². The van der Waals surface area contributed by atoms with Crippen molar-refractivity contribution in [2.24, 2.45) is 0 Å². The summed E-state index contributed by atoms with van der Waals surface area (Å²) >= 11 is 4.64. The van der Waals surface area contributed by atoms with Crippen LogP contribution in [0.25, 0.3) is 0 Å². The van der Waals surface area contributed by atoms with E-state index in [-0.39, 0.29) is 41.8 Å². The first-order valence-corrected chi connectivity index (χ1v) is 4.61. The predicted molar refractivity (Wildman–Crippen MR) is 63.0 cm³/mol. The standard InChI is InChI=1S/C8H15NO2.CH3Cl.Na.H/c1-6(2)8(10)11-7(3)9(4)5;1-2;;/h7H,1H2,2-5H3;1H3;;. The van der Waals surface area contributed by atoms with Crippen molar-refractivity contribution in [2.75, 3.05) is 20.5 Å². The van der Waals surface area contributed by atoms with E-state index in [1.807, 2.05) is 14.1 Å². The zero-order valence-corrected chi connectivity index (χ0v) is 9.68. The Morgan fingerprint density at radius 1 is 1.43 bits per heavy atom. The zero-order chi connectivity index (χ0) is 11.0. The number of alkyl halides is 1. The Morgan fingerprint density at radius 3 is 2.00 bits per heavy atom. The van der Waals surface area contributed by atoms with Crippen molar-refractivity contribution in [1.82, 2.24) is 4.90 Å². The minimum atomic E-state index is -0.341. The molecule has 5 heteroatoms. The van der Waals surface area contributed by atoms with E-state index in [1.54, 1.807) is 18.7 Å². The van der Waals surface area contributed by atoms with Gasteiger partial charge in [0.15, 0.2) is 6.23 Å². The molecule has 1 atom stereocenters. The van der Waals surface area contributed by atoms with Crippen LogP contribution in [-0.2, 0) is 9.53 Å². The topological polar surface area (TPSA) is 29.5 Å². The second-order valence-electron chi connectivity index (χ2n) is 2.75. The predicted octanol–water partition coefficient (Wildman–Crippen LogP) is 1.22. The number of esters is 1. The molecule has 0 rings (SSSR count). The Labute approximate surface area is 114 Å². The fourth-order valence-electron chi connectivity index (χ4n) is 0.361. The average Bonchev–Trinajstić information content (AvgIpc) is 2.07. The maximum absolute atomic E-state index is 10.9. The summed E-state index contributed by atoms with van der Waals surface area (Å²) in [5, 5.41) is 0. The van der Waals surface area contributed by atoms with E-state index in [4.69, 9.17) is 4.74 Å². The summed E-state index contributed by atoms with van der Waals surface area (Å²) in [4.78, 5) is 12.7. The van der Waals surface area contributed by atoms with Crippen molar-refractivity contribution in [3.8, 4) is 0 Å². The van der Waals surface area contributed by atoms with Crippen LogP contribution in [0.1, 0.15) is 13.8 Å². The van der Waals surface area contributed by atoms with Gasteiger partial charge in [0.05, 0.1) is 0 Å². The number of carbonyl (C=O) groups is 1. The monoisotopic (exact) mass is 231 g/mol. The van der Waals surface area contributed by atoms with Crippen molar-refractivity contribution < 1.29 is 9.53 Å². The molecule has 0 radical (unpaired) electrons. The molecule has 0 spiro atoms. The maximum atomic E-state index is 10.9. The third-order valence-electron chi connectivity index (χ3n) is 1.35. The van der Waals surface area contributed by atoms with Gasteiger partial charge in [-0.3, -0.25) is 4.90 Å². The van der Waals surface area contributed by atoms with Gasteiger partial charge < -0.3 is 4.74 Å². The third kappa shape index (κ3) is 10.5. The van der Waals surface area contributed by atoms with Crippen LogP contribution in [0.2, 0.25) is 0 Å². The molecular weight excluding hydrogens is 213 g/mol. The summed E-state index contributed by atoms with van der Waals surface area (Å²) in [6.07, 6.45) is 1.28. The Bertz CT molecular complexity index is 174. The Kier molecular flexibility index (Phi) is 16.4. The molecule has 0 aromatic carbocycles. The number of halogens is 1. The SMILES string of the molecule is C=C(C)C(=O)OC(C)N(C)C.CCl.[NaH]. The molecule has 3 nitrogen and oxygen atoms in total. The van der Waals surface area contributed by atoms with Gasteiger partial charge in [0, 0.05) is 12.0 Å². The van der Waals surface area contributed by atoms with E-state index < -0.39 is 0 Å². The van der Waals surface area contributed by atoms with Gasteiger partial charge in [-0.15, -0.1) is 11.6 Å². The average molecular weight is 232 g/mol. The molecule has 0 bridgehead atoms. The molecule has 0 saturated heterocycles. The molecular formula is C9H19ClNNaO2. The van der Waals surface area contributed by atoms with E-state index in [9.17, 15) is 4.79 Å². The van der Waals surface area contributed by atoms with Gasteiger partial charge in [0.25, 0.3) is 0 Å². The second kappa shape index (κ2) is 11.5. The summed E-state index contributed by atoms with van der Waals surface area (Å²) < 4.78 is 4.96. The van der Waals surface area contributed by atoms with E-state index in [1.165, 1.54) is 6.38 Å². The molecule has 14 heavy (non-hydrogen) atoms. The number of ether oxygens (including phenoxy) is 1. The first kappa shape index (κ1) is 19.9. The van der Waals surface area contributed by atoms with Gasteiger partial charge in [0.2, 0.25) is 0 Å². The van der Waals surface area contributed by atoms with E-state index in [0.29, 0.717) is 5.57 Å². The van der Waals surface area contributed by atoms with Gasteiger partial charge in [-0.1, -0.05) is 6.58 Å². The molecule has 0 aliphatic heterocycles. The molecule has 1 unspecified atom stereocenters. The number of hydrogen-bond donors (Lipinski definition) is 0. The Morgan fingerprint density at radius 2 is 1.79 bits per heavy atom. The van der Waals surface area contributed by atoms with Crippen molar-refractivity contribution >= 4 is 47.1 Å². The van der Waals surface area contributed by atoms with Crippen LogP contribution in [0.5, 0.6) is 0 Å². The molecule has 0 heterocycles. The molecule has 0 fully saturated rings. The van der Waals surface area contributed by atoms with E-state index in [0.717, 1.165) is 0 Å². The van der Waals surface area contributed by atoms with Crippen LogP contribution in [-0.4, -0.2) is 67.1 Å². The van der Waals surface area contributed by atoms with Gasteiger partial charge in [-0.25, -0.2) is 4.79 Å². The van der Waals surface area contributed by atoms with Gasteiger partial charge >= 0.3 is 35.5 Å². The van der Waals surface area contributed by atoms with Crippen LogP contribution >= 0.6 is 11.6 Å². The molecule has 0 aromatic heterocycles. The number of rotatable bonds is 3. The Balaban J connectivity index is -0.000000376. The number of hydrogen-bond acceptors (Lipinski definition) is 3. The number of nitrogens with zero attached hydrogens (tertiary/aromatic N) is 1. The van der Waals surface area contributed by atoms with Crippen LogP contribution < -0.4 is 0 Å². The summed E-state index contributed by atoms with van der Waals surface area (Å²) in [6, 6.07) is 0. The zero-order valence-electron chi connectivity index (χ0n) is 8.93. The van der Waals surface area contributed by atoms with Gasteiger partial charge in [0.1, 0.15) is 0 Å². The van der Waals surface area contributed by atoms with Crippen molar-refractivity contribution in [2.45, 2.75) is 20.1 Å². The fraction of sp³-hybridized carbons (Fsp3) is 0.667.